The Bertz CT molecular complexity index is 3200. The highest BCUT2D eigenvalue weighted by molar-refractivity contribution is 7.92. The summed E-state index contributed by atoms with van der Waals surface area (Å²) in [5.74, 6) is -0.339. The fourth-order valence-corrected chi connectivity index (χ4v) is 11.1. The Morgan fingerprint density at radius 1 is 0.644 bits per heavy atom. The molecule has 10 rings (SSSR count). The molecule has 1 saturated carbocycles. The highest BCUT2D eigenvalue weighted by Crippen LogP contribution is 2.39. The maximum Gasteiger partial charge on any atom is 0.256 e. The third kappa shape index (κ3) is 13.4. The first kappa shape index (κ1) is 54.1. The molecule has 1 aliphatic carbocycles. The number of amides is 2. The summed E-state index contributed by atoms with van der Waals surface area (Å²) < 4.78 is 55.8. The molecule has 2 unspecified atom stereocenters. The number of nitrogens with zero attached hydrogens (tertiary/aromatic N) is 8. The lowest BCUT2D eigenvalue weighted by molar-refractivity contribution is 0.0670. The van der Waals surface area contributed by atoms with Gasteiger partial charge < -0.3 is 25.3 Å². The van der Waals surface area contributed by atoms with E-state index in [2.05, 4.69) is 24.8 Å². The molecule has 3 saturated heterocycles. The Hall–Kier alpha value is -5.13. The minimum Gasteiger partial charge on any atom is -0.393 e. The lowest BCUT2D eigenvalue weighted by atomic mass is 9.79. The topological polar surface area (TPSA) is 246 Å². The first-order valence-corrected chi connectivity index (χ1v) is 29.1. The number of aryl methyl sites for hydroxylation is 2. The van der Waals surface area contributed by atoms with E-state index in [0.29, 0.717) is 45.3 Å². The van der Waals surface area contributed by atoms with Crippen LogP contribution in [0.3, 0.4) is 0 Å². The molecule has 2 amide bonds. The molecule has 19 nitrogen and oxygen atoms in total. The number of carbonyl (C=O) groups is 2. The Balaban J connectivity index is 0.000000179. The molecule has 24 heteroatoms. The lowest BCUT2D eigenvalue weighted by Gasteiger charge is -2.31. The third-order valence-corrected chi connectivity index (χ3v) is 15.3. The van der Waals surface area contributed by atoms with Gasteiger partial charge in [-0.2, -0.15) is 10.2 Å². The first-order valence-electron chi connectivity index (χ1n) is 24.2. The molecule has 2 aromatic carbocycles. The largest absolute Gasteiger partial charge is 0.393 e. The van der Waals surface area contributed by atoms with Crippen molar-refractivity contribution >= 4 is 89.3 Å². The van der Waals surface area contributed by atoms with Crippen molar-refractivity contribution in [2.75, 3.05) is 48.1 Å². The van der Waals surface area contributed by atoms with E-state index in [9.17, 15) is 31.5 Å². The van der Waals surface area contributed by atoms with Crippen LogP contribution in [0, 0.1) is 13.8 Å². The molecule has 0 radical (unpaired) electrons. The van der Waals surface area contributed by atoms with Gasteiger partial charge >= 0.3 is 0 Å². The highest BCUT2D eigenvalue weighted by Gasteiger charge is 2.35. The zero-order valence-electron chi connectivity index (χ0n) is 40.9. The van der Waals surface area contributed by atoms with Crippen molar-refractivity contribution in [2.24, 2.45) is 0 Å². The van der Waals surface area contributed by atoms with E-state index in [1.165, 1.54) is 24.3 Å². The SMILES string of the molecule is Cc1cn2nc(C3CCCCCN3C(=O)c3cc(Cl)ccc3NS(C)(=O)=O)cc2nc1C1CC(O)C1.Cc1cn2nc(C3CCCCCN3C(=O)c3cc(Cl)ccc3NS(C)(=O)=O)cc2nc1Cl.OC1CNC1. The lowest BCUT2D eigenvalue weighted by Crippen LogP contribution is -2.46. The summed E-state index contributed by atoms with van der Waals surface area (Å²) in [6, 6.07) is 12.3. The summed E-state index contributed by atoms with van der Waals surface area (Å²) in [4.78, 5) is 40.3. The second-order valence-electron chi connectivity index (χ2n) is 19.3. The van der Waals surface area contributed by atoms with Gasteiger partial charge in [0.05, 0.1) is 76.4 Å². The Labute approximate surface area is 439 Å². The van der Waals surface area contributed by atoms with Gasteiger partial charge in [-0.1, -0.05) is 60.5 Å². The van der Waals surface area contributed by atoms with Gasteiger partial charge in [0.25, 0.3) is 11.8 Å². The molecule has 2 atom stereocenters. The van der Waals surface area contributed by atoms with Crippen LogP contribution in [-0.2, 0) is 20.0 Å². The molecule has 4 aliphatic rings. The van der Waals surface area contributed by atoms with Gasteiger partial charge in [-0.15, -0.1) is 0 Å². The van der Waals surface area contributed by atoms with Crippen LogP contribution in [0.1, 0.15) is 131 Å². The number of nitrogens with one attached hydrogen (secondary N) is 3. The van der Waals surface area contributed by atoms with Crippen LogP contribution >= 0.6 is 34.8 Å². The molecule has 4 aromatic heterocycles. The van der Waals surface area contributed by atoms with Crippen LogP contribution in [0.15, 0.2) is 60.9 Å². The molecule has 0 bridgehead atoms. The van der Waals surface area contributed by atoms with Crippen LogP contribution in [0.2, 0.25) is 15.2 Å². The van der Waals surface area contributed by atoms with E-state index in [1.54, 1.807) is 31.0 Å². The van der Waals surface area contributed by atoms with E-state index in [0.717, 1.165) is 112 Å². The van der Waals surface area contributed by atoms with Crippen molar-refractivity contribution in [2.45, 2.75) is 108 Å². The average Bonchev–Trinajstić information content (AvgIpc) is 3.68. The summed E-state index contributed by atoms with van der Waals surface area (Å²) in [6.45, 7) is 6.49. The molecule has 3 aliphatic heterocycles. The van der Waals surface area contributed by atoms with Gasteiger partial charge in [-0.25, -0.2) is 35.8 Å². The van der Waals surface area contributed by atoms with Crippen LogP contribution in [-0.4, -0.2) is 129 Å². The molecule has 4 fully saturated rings. The first-order chi connectivity index (χ1) is 34.6. The molecular weight excluding hydrogens is 1040 g/mol. The highest BCUT2D eigenvalue weighted by atomic mass is 35.5. The predicted molar refractivity (Wildman–Crippen MR) is 282 cm³/mol. The number of hydrogen-bond donors (Lipinski definition) is 5. The number of β-amino-alcohol motifs (C(OH)–C–C–N with tert-alkyl or cyclic N) is 1. The number of rotatable bonds is 9. The Morgan fingerprint density at radius 3 is 1.52 bits per heavy atom. The van der Waals surface area contributed by atoms with Crippen molar-refractivity contribution in [1.82, 2.24) is 44.3 Å². The van der Waals surface area contributed by atoms with E-state index in [4.69, 9.17) is 50.0 Å². The summed E-state index contributed by atoms with van der Waals surface area (Å²) in [5.41, 5.74) is 6.43. The van der Waals surface area contributed by atoms with E-state index >= 15 is 0 Å². The van der Waals surface area contributed by atoms with Crippen molar-refractivity contribution in [1.29, 1.82) is 0 Å². The second-order valence-corrected chi connectivity index (χ2v) is 24.0. The quantitative estimate of drug-likeness (QED) is 0.0883. The third-order valence-electron chi connectivity index (χ3n) is 13.3. The molecule has 73 heavy (non-hydrogen) atoms. The number of carbonyl (C=O) groups excluding carboxylic acids is 2. The summed E-state index contributed by atoms with van der Waals surface area (Å²) in [5, 5.41) is 31.6. The summed E-state index contributed by atoms with van der Waals surface area (Å²) >= 11 is 18.5. The van der Waals surface area contributed by atoms with Gasteiger partial charge in [-0.3, -0.25) is 19.0 Å². The molecule has 392 valence electrons. The second kappa shape index (κ2) is 22.8. The van der Waals surface area contributed by atoms with Crippen LogP contribution in [0.25, 0.3) is 11.3 Å². The number of aliphatic hydroxyl groups is 2. The molecule has 7 heterocycles. The van der Waals surface area contributed by atoms with Crippen molar-refractivity contribution in [3.8, 4) is 0 Å². The van der Waals surface area contributed by atoms with Gasteiger partial charge in [0.15, 0.2) is 11.3 Å². The van der Waals surface area contributed by atoms with Crippen molar-refractivity contribution in [3.05, 3.63) is 115 Å². The van der Waals surface area contributed by atoms with E-state index in [-0.39, 0.29) is 64.5 Å². The van der Waals surface area contributed by atoms with Gasteiger partial charge in [-0.05, 0) is 94.3 Å². The Kier molecular flexibility index (Phi) is 16.9. The van der Waals surface area contributed by atoms with Crippen LogP contribution in [0.5, 0.6) is 0 Å². The van der Waals surface area contributed by atoms with Gasteiger partial charge in [0, 0.05) is 72.2 Å². The summed E-state index contributed by atoms with van der Waals surface area (Å²) in [7, 11) is -7.16. The minimum atomic E-state index is -3.59. The standard InChI is InChI=1S/C25H30ClN5O4S.C21H23Cl2N5O3S.C3H7NO/c1-15-14-31-23(27-24(15)16-10-18(32)11-16)13-21(28-31)22-6-4-3-5-9-30(22)25(33)19-12-17(26)7-8-20(19)29-36(2,34)35;1-13-12-28-19(24-20(13)23)11-17(25-28)18-6-4-3-5-9-27(18)21(29)15-10-14(22)7-8-16(15)26-32(2,30)31;5-3-1-4-2-3/h7-8,12-14,16,18,22,29,32H,3-6,9-11H2,1-2H3;7-8,10-12,18,26H,3-6,9H2,1-2H3;3-5H,1-2H2. The average molecular weight is 1100 g/mol. The maximum atomic E-state index is 13.8. The number of aliphatic hydroxyl groups excluding tert-OH is 2. The minimum absolute atomic E-state index is 0.0463. The van der Waals surface area contributed by atoms with Crippen molar-refractivity contribution < 1.29 is 36.6 Å². The number of halogens is 3. The predicted octanol–water partition coefficient (Wildman–Crippen LogP) is 7.48. The smallest absolute Gasteiger partial charge is 0.256 e. The van der Waals surface area contributed by atoms with E-state index < -0.39 is 20.0 Å². The van der Waals surface area contributed by atoms with Gasteiger partial charge in [0.2, 0.25) is 20.0 Å². The van der Waals surface area contributed by atoms with Crippen LogP contribution in [0.4, 0.5) is 11.4 Å². The number of hydrogen-bond acceptors (Lipinski definition) is 13. The summed E-state index contributed by atoms with van der Waals surface area (Å²) in [6.07, 6.45) is 14.0. The molecule has 6 aromatic rings. The molecular formula is C49H60Cl3N11O8S2. The number of fused-ring (bicyclic) bond motifs is 2. The van der Waals surface area contributed by atoms with E-state index in [1.807, 2.05) is 38.4 Å². The zero-order valence-corrected chi connectivity index (χ0v) is 44.8. The fraction of sp³-hybridized carbons (Fsp3) is 0.469. The Morgan fingerprint density at radius 2 is 1.10 bits per heavy atom. The zero-order chi connectivity index (χ0) is 52.4. The maximum absolute atomic E-state index is 13.8. The fourth-order valence-electron chi connectivity index (χ4n) is 9.46. The molecule has 0 spiro atoms. The van der Waals surface area contributed by atoms with Crippen molar-refractivity contribution in [3.63, 3.8) is 0 Å². The monoisotopic (exact) mass is 1100 g/mol. The number of anilines is 2. The number of sulfonamides is 2. The van der Waals surface area contributed by atoms with Crippen LogP contribution < -0.4 is 14.8 Å². The number of benzene rings is 2. The number of aromatic nitrogens is 6. The number of likely N-dealkylation sites (tertiary alicyclic amines) is 2. The van der Waals surface area contributed by atoms with Gasteiger partial charge in [0.1, 0.15) is 5.15 Å². The molecule has 5 N–H and O–H groups in total. The normalized spacial score (nSPS) is 20.6.